The molecule has 50 heavy (non-hydrogen) atoms. The minimum Gasteiger partial charge on any atom is -0.482 e. The SMILES string of the molecule is Cc1ccc([C@H]2[C@H](C(=O)NCc3ccc(OCC(=O)OC(C)(C)C)cc3)c3ccccc3C(=O)N2[C@H]2CCCC[C@@H]2CNS(C)(=O)=O)c(C)c1. The highest BCUT2D eigenvalue weighted by molar-refractivity contribution is 7.88. The van der Waals surface area contributed by atoms with Crippen molar-refractivity contribution >= 4 is 27.8 Å². The van der Waals surface area contributed by atoms with Crippen LogP contribution in [0.3, 0.4) is 0 Å². The highest BCUT2D eigenvalue weighted by Crippen LogP contribution is 2.47. The topological polar surface area (TPSA) is 131 Å². The molecule has 11 heteroatoms. The number of nitrogens with one attached hydrogen (secondary N) is 2. The van der Waals surface area contributed by atoms with Gasteiger partial charge in [0.2, 0.25) is 15.9 Å². The summed E-state index contributed by atoms with van der Waals surface area (Å²) < 4.78 is 37.9. The molecule has 0 radical (unpaired) electrons. The van der Waals surface area contributed by atoms with Crippen molar-refractivity contribution in [3.63, 3.8) is 0 Å². The third kappa shape index (κ3) is 9.11. The third-order valence-electron chi connectivity index (χ3n) is 9.40. The van der Waals surface area contributed by atoms with Gasteiger partial charge in [-0.3, -0.25) is 9.59 Å². The monoisotopic (exact) mass is 703 g/mol. The number of fused-ring (bicyclic) bond motifs is 1. The first kappa shape index (κ1) is 37.0. The number of rotatable bonds is 11. The fourth-order valence-electron chi connectivity index (χ4n) is 7.25. The van der Waals surface area contributed by atoms with Crippen LogP contribution in [0, 0.1) is 19.8 Å². The number of benzene rings is 3. The first-order valence-electron chi connectivity index (χ1n) is 17.3. The van der Waals surface area contributed by atoms with Gasteiger partial charge in [0.05, 0.1) is 18.2 Å². The molecule has 1 fully saturated rings. The Kier molecular flexibility index (Phi) is 11.4. The van der Waals surface area contributed by atoms with Gasteiger partial charge >= 0.3 is 5.97 Å². The van der Waals surface area contributed by atoms with Crippen LogP contribution in [0.15, 0.2) is 66.7 Å². The first-order valence-corrected chi connectivity index (χ1v) is 19.1. The maximum atomic E-state index is 14.6. The summed E-state index contributed by atoms with van der Waals surface area (Å²) in [6.07, 6.45) is 4.47. The fraction of sp³-hybridized carbons (Fsp3) is 0.462. The van der Waals surface area contributed by atoms with Crippen LogP contribution in [0.1, 0.15) is 96.6 Å². The molecular weight excluding hydrogens is 655 g/mol. The predicted octanol–water partition coefficient (Wildman–Crippen LogP) is 5.73. The van der Waals surface area contributed by atoms with Gasteiger partial charge in [0, 0.05) is 24.7 Å². The summed E-state index contributed by atoms with van der Waals surface area (Å²) in [5.41, 5.74) is 4.34. The molecule has 10 nitrogen and oxygen atoms in total. The van der Waals surface area contributed by atoms with Crippen LogP contribution < -0.4 is 14.8 Å². The summed E-state index contributed by atoms with van der Waals surface area (Å²) in [6.45, 7) is 9.67. The Morgan fingerprint density at radius 2 is 1.64 bits per heavy atom. The Labute approximate surface area is 296 Å². The second-order valence-electron chi connectivity index (χ2n) is 14.6. The van der Waals surface area contributed by atoms with Gasteiger partial charge in [-0.15, -0.1) is 0 Å². The molecule has 0 unspecified atom stereocenters. The number of nitrogens with zero attached hydrogens (tertiary/aromatic N) is 1. The molecule has 2 aliphatic rings. The van der Waals surface area contributed by atoms with E-state index in [1.54, 1.807) is 39.0 Å². The maximum Gasteiger partial charge on any atom is 0.344 e. The number of esters is 1. The number of sulfonamides is 1. The van der Waals surface area contributed by atoms with E-state index in [9.17, 15) is 22.8 Å². The van der Waals surface area contributed by atoms with Gasteiger partial charge in [0.1, 0.15) is 11.4 Å². The van der Waals surface area contributed by atoms with Gasteiger partial charge in [-0.1, -0.05) is 66.9 Å². The third-order valence-corrected chi connectivity index (χ3v) is 10.1. The molecule has 1 aliphatic heterocycles. The van der Waals surface area contributed by atoms with Crippen LogP contribution in [-0.4, -0.2) is 62.2 Å². The molecule has 1 heterocycles. The number of carbonyl (C=O) groups excluding carboxylic acids is 3. The van der Waals surface area contributed by atoms with Crippen molar-refractivity contribution in [3.05, 3.63) is 100 Å². The zero-order valence-corrected chi connectivity index (χ0v) is 30.6. The summed E-state index contributed by atoms with van der Waals surface area (Å²) in [7, 11) is -3.44. The highest BCUT2D eigenvalue weighted by Gasteiger charge is 2.48. The molecule has 3 aromatic rings. The first-order chi connectivity index (χ1) is 23.6. The van der Waals surface area contributed by atoms with Crippen molar-refractivity contribution in [1.82, 2.24) is 14.9 Å². The fourth-order valence-corrected chi connectivity index (χ4v) is 7.77. The molecule has 0 spiro atoms. The molecule has 0 bridgehead atoms. The molecule has 3 aromatic carbocycles. The lowest BCUT2D eigenvalue weighted by Gasteiger charge is -2.49. The smallest absolute Gasteiger partial charge is 0.344 e. The Morgan fingerprint density at radius 1 is 0.940 bits per heavy atom. The molecular formula is C39H49N3O7S. The minimum absolute atomic E-state index is 0.110. The Morgan fingerprint density at radius 3 is 2.32 bits per heavy atom. The van der Waals surface area contributed by atoms with Crippen molar-refractivity contribution < 1.29 is 32.3 Å². The van der Waals surface area contributed by atoms with Crippen molar-refractivity contribution in [2.75, 3.05) is 19.4 Å². The van der Waals surface area contributed by atoms with Crippen LogP contribution in [0.2, 0.25) is 0 Å². The molecule has 268 valence electrons. The van der Waals surface area contributed by atoms with E-state index in [2.05, 4.69) is 16.1 Å². The number of ether oxygens (including phenoxy) is 2. The summed E-state index contributed by atoms with van der Waals surface area (Å²) in [4.78, 5) is 43.1. The van der Waals surface area contributed by atoms with E-state index in [-0.39, 0.29) is 43.5 Å². The number of hydrogen-bond donors (Lipinski definition) is 2. The largest absolute Gasteiger partial charge is 0.482 e. The molecule has 0 aromatic heterocycles. The van der Waals surface area contributed by atoms with Crippen LogP contribution in [0.5, 0.6) is 5.75 Å². The lowest BCUT2D eigenvalue weighted by molar-refractivity contribution is -0.157. The van der Waals surface area contributed by atoms with Gasteiger partial charge in [-0.05, 0) is 93.8 Å². The average Bonchev–Trinajstić information content (AvgIpc) is 3.05. The predicted molar refractivity (Wildman–Crippen MR) is 192 cm³/mol. The van der Waals surface area contributed by atoms with Crippen molar-refractivity contribution in [3.8, 4) is 5.75 Å². The van der Waals surface area contributed by atoms with E-state index in [0.29, 0.717) is 23.3 Å². The van der Waals surface area contributed by atoms with E-state index in [4.69, 9.17) is 9.47 Å². The number of carbonyl (C=O) groups is 3. The van der Waals surface area contributed by atoms with Crippen LogP contribution >= 0.6 is 0 Å². The Hall–Kier alpha value is -4.22. The number of aryl methyl sites for hydroxylation is 2. The summed E-state index contributed by atoms with van der Waals surface area (Å²) in [5.74, 6) is -1.14. The van der Waals surface area contributed by atoms with Gasteiger partial charge < -0.3 is 19.7 Å². The summed E-state index contributed by atoms with van der Waals surface area (Å²) >= 11 is 0. The quantitative estimate of drug-likeness (QED) is 0.244. The number of amides is 2. The minimum atomic E-state index is -3.44. The lowest BCUT2D eigenvalue weighted by Crippen LogP contribution is -2.55. The molecule has 1 aliphatic carbocycles. The molecule has 0 saturated heterocycles. The second-order valence-corrected chi connectivity index (χ2v) is 16.4. The normalized spacial score (nSPS) is 20.9. The van der Waals surface area contributed by atoms with Gasteiger partial charge in [-0.2, -0.15) is 0 Å². The van der Waals surface area contributed by atoms with E-state index in [1.165, 1.54) is 0 Å². The van der Waals surface area contributed by atoms with E-state index in [1.807, 2.05) is 61.2 Å². The van der Waals surface area contributed by atoms with E-state index < -0.39 is 33.6 Å². The van der Waals surface area contributed by atoms with E-state index >= 15 is 0 Å². The van der Waals surface area contributed by atoms with Gasteiger partial charge in [0.25, 0.3) is 5.91 Å². The van der Waals surface area contributed by atoms with Crippen LogP contribution in [0.25, 0.3) is 0 Å². The van der Waals surface area contributed by atoms with Gasteiger partial charge in [-0.25, -0.2) is 17.9 Å². The Balaban J connectivity index is 1.45. The molecule has 1 saturated carbocycles. The lowest BCUT2D eigenvalue weighted by atomic mass is 9.74. The standard InChI is InChI=1S/C39H49N3O7S/c1-25-15-20-30(26(2)21-25)36-35(37(44)40-22-27-16-18-29(19-17-27)48-24-34(43)49-39(3,4)5)31-12-8-9-13-32(31)38(45)42(36)33-14-10-7-11-28(33)23-41-50(6,46)47/h8-9,12-13,15-21,28,33,35-36,41H,7,10-11,14,22-24H2,1-6H3,(H,40,44)/t28-,33+,35-,36+/m1/s1. The van der Waals surface area contributed by atoms with E-state index in [0.717, 1.165) is 47.8 Å². The average molecular weight is 704 g/mol. The molecule has 2 N–H and O–H groups in total. The number of hydrogen-bond acceptors (Lipinski definition) is 7. The highest BCUT2D eigenvalue weighted by atomic mass is 32.2. The molecule has 5 rings (SSSR count). The zero-order valence-electron chi connectivity index (χ0n) is 29.8. The molecule has 2 amide bonds. The van der Waals surface area contributed by atoms with Crippen molar-refractivity contribution in [2.24, 2.45) is 5.92 Å². The van der Waals surface area contributed by atoms with Crippen molar-refractivity contribution in [1.29, 1.82) is 0 Å². The molecule has 4 atom stereocenters. The summed E-state index contributed by atoms with van der Waals surface area (Å²) in [5, 5.41) is 3.15. The summed E-state index contributed by atoms with van der Waals surface area (Å²) in [6, 6.07) is 19.7. The Bertz CT molecular complexity index is 1820. The zero-order chi connectivity index (χ0) is 36.2. The van der Waals surface area contributed by atoms with Gasteiger partial charge in [0.15, 0.2) is 6.61 Å². The second kappa shape index (κ2) is 15.3. The van der Waals surface area contributed by atoms with Crippen LogP contribution in [-0.2, 0) is 30.9 Å². The van der Waals surface area contributed by atoms with Crippen LogP contribution in [0.4, 0.5) is 0 Å². The maximum absolute atomic E-state index is 14.6. The van der Waals surface area contributed by atoms with Crippen molar-refractivity contribution in [2.45, 2.75) is 90.4 Å².